The molecule has 0 amide bonds. The van der Waals surface area contributed by atoms with Gasteiger partial charge in [-0.3, -0.25) is 9.48 Å². The van der Waals surface area contributed by atoms with Gasteiger partial charge in [-0.1, -0.05) is 30.3 Å². The van der Waals surface area contributed by atoms with Crippen molar-refractivity contribution < 1.29 is 8.42 Å². The van der Waals surface area contributed by atoms with E-state index < -0.39 is 10.0 Å². The van der Waals surface area contributed by atoms with Gasteiger partial charge in [0.2, 0.25) is 0 Å². The van der Waals surface area contributed by atoms with E-state index in [2.05, 4.69) is 9.93 Å². The molecule has 2 aromatic carbocycles. The second-order valence-corrected chi connectivity index (χ2v) is 8.24. The van der Waals surface area contributed by atoms with Crippen LogP contribution in [0, 0.1) is 20.8 Å². The quantitative estimate of drug-likeness (QED) is 0.529. The molecule has 0 atom stereocenters. The van der Waals surface area contributed by atoms with Gasteiger partial charge in [-0.25, -0.2) is 4.68 Å². The van der Waals surface area contributed by atoms with Gasteiger partial charge in [0.25, 0.3) is 15.6 Å². The molecule has 0 spiro atoms. The molecule has 0 aliphatic rings. The Morgan fingerprint density at radius 3 is 2.39 bits per heavy atom. The first-order valence-electron chi connectivity index (χ1n) is 8.68. The third kappa shape index (κ3) is 3.63. The molecule has 1 N–H and O–H groups in total. The van der Waals surface area contributed by atoms with Crippen LogP contribution >= 0.6 is 0 Å². The second kappa shape index (κ2) is 7.47. The Balaban J connectivity index is 1.94. The van der Waals surface area contributed by atoms with Gasteiger partial charge in [0, 0.05) is 12.6 Å². The van der Waals surface area contributed by atoms with Gasteiger partial charge in [-0.2, -0.15) is 18.4 Å². The minimum atomic E-state index is -3.81. The lowest BCUT2D eigenvalue weighted by Crippen LogP contribution is -2.20. The van der Waals surface area contributed by atoms with Gasteiger partial charge >= 0.3 is 0 Å². The van der Waals surface area contributed by atoms with Crippen LogP contribution in [-0.4, -0.2) is 24.0 Å². The van der Waals surface area contributed by atoms with E-state index in [0.29, 0.717) is 22.5 Å². The molecule has 0 bridgehead atoms. The Labute approximate surface area is 164 Å². The van der Waals surface area contributed by atoms with E-state index in [1.165, 1.54) is 10.9 Å². The molecule has 0 unspecified atom stereocenters. The van der Waals surface area contributed by atoms with Crippen molar-refractivity contribution in [1.82, 2.24) is 14.2 Å². The molecular weight excluding hydrogens is 376 g/mol. The molecule has 0 radical (unpaired) electrons. The molecule has 8 heteroatoms. The molecule has 0 fully saturated rings. The molecule has 1 aromatic heterocycles. The number of benzene rings is 2. The van der Waals surface area contributed by atoms with Crippen molar-refractivity contribution in [3.63, 3.8) is 0 Å². The molecule has 3 aromatic rings. The molecule has 1 heterocycles. The number of hydrogen-bond acceptors (Lipinski definition) is 4. The largest absolute Gasteiger partial charge is 0.279 e. The maximum atomic E-state index is 12.6. The van der Waals surface area contributed by atoms with Crippen LogP contribution in [-0.2, 0) is 17.1 Å². The van der Waals surface area contributed by atoms with E-state index in [9.17, 15) is 13.2 Å². The Hall–Kier alpha value is -3.13. The SMILES string of the molecule is Cc1ccc(C)c(S(=O)(=O)N/N=C\c2c(C)c(=O)n(-c3ccccc3)n2C)c1. The lowest BCUT2D eigenvalue weighted by atomic mass is 10.2. The number of aromatic nitrogens is 2. The van der Waals surface area contributed by atoms with Crippen LogP contribution in [0.5, 0.6) is 0 Å². The summed E-state index contributed by atoms with van der Waals surface area (Å²) in [7, 11) is -2.08. The Morgan fingerprint density at radius 2 is 1.71 bits per heavy atom. The molecule has 7 nitrogen and oxygen atoms in total. The minimum absolute atomic E-state index is 0.178. The van der Waals surface area contributed by atoms with Crippen LogP contribution in [0.3, 0.4) is 0 Å². The summed E-state index contributed by atoms with van der Waals surface area (Å²) in [6, 6.07) is 14.4. The maximum absolute atomic E-state index is 12.6. The van der Waals surface area contributed by atoms with Gasteiger partial charge in [0.1, 0.15) is 0 Å². The molecular formula is C20H22N4O3S. The molecule has 0 aliphatic carbocycles. The summed E-state index contributed by atoms with van der Waals surface area (Å²) in [5.74, 6) is 0. The highest BCUT2D eigenvalue weighted by Crippen LogP contribution is 2.16. The summed E-state index contributed by atoms with van der Waals surface area (Å²) in [6.07, 6.45) is 1.35. The van der Waals surface area contributed by atoms with E-state index in [1.807, 2.05) is 43.3 Å². The second-order valence-electron chi connectivity index (χ2n) is 6.61. The van der Waals surface area contributed by atoms with Crippen LogP contribution in [0.1, 0.15) is 22.4 Å². The third-order valence-electron chi connectivity index (χ3n) is 4.54. The molecule has 3 rings (SSSR count). The fourth-order valence-electron chi connectivity index (χ4n) is 3.00. The van der Waals surface area contributed by atoms with Crippen molar-refractivity contribution in [2.24, 2.45) is 12.1 Å². The zero-order valence-electron chi connectivity index (χ0n) is 16.2. The summed E-state index contributed by atoms with van der Waals surface area (Å²) < 4.78 is 28.3. The van der Waals surface area contributed by atoms with Gasteiger partial charge in [-0.15, -0.1) is 0 Å². The summed E-state index contributed by atoms with van der Waals surface area (Å²) >= 11 is 0. The van der Waals surface area contributed by atoms with Gasteiger partial charge in [-0.05, 0) is 50.1 Å². The number of hydrogen-bond donors (Lipinski definition) is 1. The molecule has 146 valence electrons. The predicted octanol–water partition coefficient (Wildman–Crippen LogP) is 2.41. The standard InChI is InChI=1S/C20H22N4O3S/c1-14-10-11-15(2)19(12-14)28(26,27)22-21-13-18-16(3)20(25)24(23(18)4)17-8-6-5-7-9-17/h5-13,22H,1-4H3/b21-13-. The first kappa shape index (κ1) is 19.6. The highest BCUT2D eigenvalue weighted by atomic mass is 32.2. The lowest BCUT2D eigenvalue weighted by molar-refractivity contribution is 0.583. The van der Waals surface area contributed by atoms with Crippen molar-refractivity contribution in [2.75, 3.05) is 0 Å². The topological polar surface area (TPSA) is 85.5 Å². The minimum Gasteiger partial charge on any atom is -0.279 e. The van der Waals surface area contributed by atoms with Crippen LogP contribution in [0.25, 0.3) is 5.69 Å². The average Bonchev–Trinajstić information content (AvgIpc) is 2.87. The average molecular weight is 398 g/mol. The molecule has 0 saturated carbocycles. The van der Waals surface area contributed by atoms with Gasteiger partial charge in [0.05, 0.1) is 22.5 Å². The fourth-order valence-corrected chi connectivity index (χ4v) is 4.12. The number of hydrazone groups is 1. The zero-order valence-corrected chi connectivity index (χ0v) is 17.0. The number of para-hydroxylation sites is 1. The van der Waals surface area contributed by atoms with Crippen molar-refractivity contribution in [3.05, 3.63) is 81.3 Å². The summed E-state index contributed by atoms with van der Waals surface area (Å²) in [5.41, 5.74) is 2.99. The van der Waals surface area contributed by atoms with Crippen LogP contribution < -0.4 is 10.4 Å². The number of nitrogens with zero attached hydrogens (tertiary/aromatic N) is 3. The third-order valence-corrected chi connectivity index (χ3v) is 5.90. The summed E-state index contributed by atoms with van der Waals surface area (Å²) in [4.78, 5) is 15.0. The molecule has 0 saturated heterocycles. The fraction of sp³-hybridized carbons (Fsp3) is 0.200. The normalized spacial score (nSPS) is 11.9. The number of nitrogens with one attached hydrogen (secondary N) is 1. The highest BCUT2D eigenvalue weighted by molar-refractivity contribution is 7.89. The monoisotopic (exact) mass is 398 g/mol. The smallest absolute Gasteiger partial charge is 0.276 e. The van der Waals surface area contributed by atoms with Gasteiger partial charge in [0.15, 0.2) is 0 Å². The summed E-state index contributed by atoms with van der Waals surface area (Å²) in [5, 5.41) is 3.89. The Morgan fingerprint density at radius 1 is 1.04 bits per heavy atom. The van der Waals surface area contributed by atoms with Crippen molar-refractivity contribution in [1.29, 1.82) is 0 Å². The maximum Gasteiger partial charge on any atom is 0.276 e. The van der Waals surface area contributed by atoms with Crippen molar-refractivity contribution in [2.45, 2.75) is 25.7 Å². The zero-order chi connectivity index (χ0) is 20.5. The number of sulfonamides is 1. The number of rotatable bonds is 5. The summed E-state index contributed by atoms with van der Waals surface area (Å²) in [6.45, 7) is 5.24. The number of aryl methyl sites for hydroxylation is 2. The van der Waals surface area contributed by atoms with Crippen LogP contribution in [0.4, 0.5) is 0 Å². The van der Waals surface area contributed by atoms with Crippen molar-refractivity contribution in [3.8, 4) is 5.69 Å². The van der Waals surface area contributed by atoms with E-state index >= 15 is 0 Å². The van der Waals surface area contributed by atoms with Crippen molar-refractivity contribution >= 4 is 16.2 Å². The first-order chi connectivity index (χ1) is 13.2. The van der Waals surface area contributed by atoms with E-state index in [4.69, 9.17) is 0 Å². The first-order valence-corrected chi connectivity index (χ1v) is 10.2. The predicted molar refractivity (Wildman–Crippen MR) is 110 cm³/mol. The van der Waals surface area contributed by atoms with Crippen LogP contribution in [0.15, 0.2) is 63.3 Å². The van der Waals surface area contributed by atoms with E-state index in [0.717, 1.165) is 5.56 Å². The Bertz CT molecular complexity index is 1210. The van der Waals surface area contributed by atoms with Gasteiger partial charge < -0.3 is 0 Å². The molecule has 28 heavy (non-hydrogen) atoms. The lowest BCUT2D eigenvalue weighted by Gasteiger charge is -2.09. The van der Waals surface area contributed by atoms with Crippen LogP contribution in [0.2, 0.25) is 0 Å². The molecule has 0 aliphatic heterocycles. The highest BCUT2D eigenvalue weighted by Gasteiger charge is 2.17. The van der Waals surface area contributed by atoms with E-state index in [1.54, 1.807) is 37.7 Å². The van der Waals surface area contributed by atoms with E-state index in [-0.39, 0.29) is 10.5 Å². The Kier molecular flexibility index (Phi) is 5.24.